The maximum Gasteiger partial charge on any atom is 0.257 e. The van der Waals surface area contributed by atoms with Crippen molar-refractivity contribution < 1.29 is 14.4 Å². The Balaban J connectivity index is 1.47. The number of imide groups is 1. The number of nitrogens with one attached hydrogen (secondary N) is 1. The molecule has 1 N–H and O–H groups in total. The number of H-pyrrole nitrogens is 1. The summed E-state index contributed by atoms with van der Waals surface area (Å²) in [4.78, 5) is 46.3. The fraction of sp³-hybridized carbons (Fsp3) is 0.207. The van der Waals surface area contributed by atoms with Crippen LogP contribution in [0.2, 0.25) is 0 Å². The smallest absolute Gasteiger partial charge is 0.257 e. The predicted molar refractivity (Wildman–Crippen MR) is 136 cm³/mol. The van der Waals surface area contributed by atoms with Crippen LogP contribution in [0.4, 0.5) is 5.69 Å². The molecule has 1 fully saturated rings. The molecule has 6 nitrogen and oxygen atoms in total. The minimum absolute atomic E-state index is 0.0295. The van der Waals surface area contributed by atoms with Gasteiger partial charge in [0, 0.05) is 29.2 Å². The summed E-state index contributed by atoms with van der Waals surface area (Å²) in [7, 11) is 0. The summed E-state index contributed by atoms with van der Waals surface area (Å²) in [6, 6.07) is 21.8. The van der Waals surface area contributed by atoms with Gasteiger partial charge in [0.1, 0.15) is 6.04 Å². The number of hydrogen-bond donors (Lipinski definition) is 1. The van der Waals surface area contributed by atoms with Crippen LogP contribution in [-0.4, -0.2) is 40.2 Å². The van der Waals surface area contributed by atoms with E-state index in [1.54, 1.807) is 23.1 Å². The van der Waals surface area contributed by atoms with E-state index in [2.05, 4.69) is 4.98 Å². The number of aryl methyl sites for hydroxylation is 2. The number of hydrogen-bond acceptors (Lipinski definition) is 3. The van der Waals surface area contributed by atoms with Crippen molar-refractivity contribution >= 4 is 34.3 Å². The zero-order valence-electron chi connectivity index (χ0n) is 19.8. The normalized spacial score (nSPS) is 15.7. The minimum atomic E-state index is -0.846. The van der Waals surface area contributed by atoms with Crippen molar-refractivity contribution in [3.05, 3.63) is 101 Å². The van der Waals surface area contributed by atoms with Gasteiger partial charge in [-0.1, -0.05) is 54.1 Å². The lowest BCUT2D eigenvalue weighted by Crippen LogP contribution is -2.46. The third-order valence-corrected chi connectivity index (χ3v) is 6.72. The number of benzene rings is 3. The lowest BCUT2D eigenvalue weighted by molar-refractivity contribution is -0.122. The van der Waals surface area contributed by atoms with Gasteiger partial charge >= 0.3 is 0 Å². The largest absolute Gasteiger partial charge is 0.361 e. The minimum Gasteiger partial charge on any atom is -0.361 e. The van der Waals surface area contributed by atoms with Crippen molar-refractivity contribution in [3.8, 4) is 0 Å². The summed E-state index contributed by atoms with van der Waals surface area (Å²) in [5.41, 5.74) is 5.04. The third-order valence-electron chi connectivity index (χ3n) is 6.72. The van der Waals surface area contributed by atoms with E-state index in [9.17, 15) is 14.4 Å². The van der Waals surface area contributed by atoms with Gasteiger partial charge in [-0.2, -0.15) is 0 Å². The molecule has 0 radical (unpaired) electrons. The summed E-state index contributed by atoms with van der Waals surface area (Å²) in [5, 5.41) is 1.09. The van der Waals surface area contributed by atoms with Crippen molar-refractivity contribution in [3.63, 3.8) is 0 Å². The summed E-state index contributed by atoms with van der Waals surface area (Å²) >= 11 is 0. The molecular formula is C29H27N3O3. The second-order valence-electron chi connectivity index (χ2n) is 9.05. The van der Waals surface area contributed by atoms with Crippen LogP contribution < -0.4 is 4.90 Å². The van der Waals surface area contributed by atoms with Gasteiger partial charge in [-0.25, -0.2) is 4.90 Å². The third kappa shape index (κ3) is 4.23. The van der Waals surface area contributed by atoms with Crippen molar-refractivity contribution in [2.75, 3.05) is 11.4 Å². The Hall–Kier alpha value is -4.19. The molecule has 1 unspecified atom stereocenters. The zero-order valence-corrected chi connectivity index (χ0v) is 19.8. The van der Waals surface area contributed by atoms with Crippen LogP contribution in [-0.2, 0) is 16.0 Å². The first-order chi connectivity index (χ1) is 16.9. The SMILES string of the molecule is Cc1ccc(N2C(=O)CC(N(CCc3c[nH]c4ccccc34)C(=O)c3ccccc3C)C2=O)cc1. The Morgan fingerprint density at radius 3 is 2.46 bits per heavy atom. The van der Waals surface area contributed by atoms with Gasteiger partial charge in [-0.05, 0) is 55.7 Å². The molecule has 3 amide bonds. The van der Waals surface area contributed by atoms with Crippen LogP contribution in [0.15, 0.2) is 79.0 Å². The first kappa shape index (κ1) is 22.6. The van der Waals surface area contributed by atoms with E-state index < -0.39 is 6.04 Å². The van der Waals surface area contributed by atoms with Crippen molar-refractivity contribution in [2.45, 2.75) is 32.7 Å². The van der Waals surface area contributed by atoms with E-state index in [0.717, 1.165) is 27.6 Å². The fourth-order valence-electron chi connectivity index (χ4n) is 4.77. The number of carbonyl (C=O) groups excluding carboxylic acids is 3. The highest BCUT2D eigenvalue weighted by atomic mass is 16.2. The summed E-state index contributed by atoms with van der Waals surface area (Å²) < 4.78 is 0. The van der Waals surface area contributed by atoms with Gasteiger partial charge in [-0.15, -0.1) is 0 Å². The van der Waals surface area contributed by atoms with E-state index >= 15 is 0 Å². The van der Waals surface area contributed by atoms with E-state index in [1.165, 1.54) is 4.90 Å². The highest BCUT2D eigenvalue weighted by Crippen LogP contribution is 2.28. The molecule has 6 heteroatoms. The predicted octanol–water partition coefficient (Wildman–Crippen LogP) is 4.80. The average molecular weight is 466 g/mol. The van der Waals surface area contributed by atoms with Crippen molar-refractivity contribution in [1.82, 2.24) is 9.88 Å². The number of nitrogens with zero attached hydrogens (tertiary/aromatic N) is 2. The molecule has 1 aromatic heterocycles. The summed E-state index contributed by atoms with van der Waals surface area (Å²) in [5.74, 6) is -0.891. The van der Waals surface area contributed by atoms with Crippen LogP contribution in [0.1, 0.15) is 33.5 Å². The van der Waals surface area contributed by atoms with Crippen molar-refractivity contribution in [1.29, 1.82) is 0 Å². The molecule has 1 saturated heterocycles. The second kappa shape index (κ2) is 9.22. The van der Waals surface area contributed by atoms with Gasteiger partial charge in [-0.3, -0.25) is 14.4 Å². The van der Waals surface area contributed by atoms with E-state index in [-0.39, 0.29) is 24.1 Å². The molecule has 0 bridgehead atoms. The molecule has 3 aromatic carbocycles. The van der Waals surface area contributed by atoms with Gasteiger partial charge in [0.05, 0.1) is 12.1 Å². The van der Waals surface area contributed by atoms with Gasteiger partial charge < -0.3 is 9.88 Å². The highest BCUT2D eigenvalue weighted by molar-refractivity contribution is 6.23. The topological polar surface area (TPSA) is 73.5 Å². The molecule has 5 rings (SSSR count). The molecule has 1 aliphatic heterocycles. The molecule has 0 spiro atoms. The van der Waals surface area contributed by atoms with Crippen LogP contribution in [0, 0.1) is 13.8 Å². The molecule has 0 saturated carbocycles. The standard InChI is InChI=1S/C29H27N3O3/c1-19-11-13-22(14-12-19)32-27(33)17-26(29(32)35)31(28(34)23-8-4-3-7-20(23)2)16-15-21-18-30-25-10-6-5-9-24(21)25/h3-14,18,26,30H,15-17H2,1-2H3. The highest BCUT2D eigenvalue weighted by Gasteiger charge is 2.44. The summed E-state index contributed by atoms with van der Waals surface area (Å²) in [6.07, 6.45) is 2.48. The first-order valence-electron chi connectivity index (χ1n) is 11.8. The molecule has 1 aliphatic rings. The number of rotatable bonds is 6. The number of para-hydroxylation sites is 1. The number of fused-ring (bicyclic) bond motifs is 1. The number of aromatic nitrogens is 1. The fourth-order valence-corrected chi connectivity index (χ4v) is 4.77. The Morgan fingerprint density at radius 2 is 1.69 bits per heavy atom. The number of carbonyl (C=O) groups is 3. The Labute approximate surface area is 204 Å². The van der Waals surface area contributed by atoms with E-state index in [0.29, 0.717) is 24.2 Å². The van der Waals surface area contributed by atoms with E-state index in [1.807, 2.05) is 74.6 Å². The van der Waals surface area contributed by atoms with Gasteiger partial charge in [0.2, 0.25) is 5.91 Å². The maximum atomic E-state index is 13.8. The van der Waals surface area contributed by atoms with Crippen LogP contribution >= 0.6 is 0 Å². The average Bonchev–Trinajstić information content (AvgIpc) is 3.40. The van der Waals surface area contributed by atoms with Gasteiger partial charge in [0.15, 0.2) is 0 Å². The molecule has 4 aromatic rings. The lowest BCUT2D eigenvalue weighted by atomic mass is 10.0. The van der Waals surface area contributed by atoms with E-state index in [4.69, 9.17) is 0 Å². The van der Waals surface area contributed by atoms with Crippen molar-refractivity contribution in [2.24, 2.45) is 0 Å². The van der Waals surface area contributed by atoms with Crippen LogP contribution in [0.3, 0.4) is 0 Å². The van der Waals surface area contributed by atoms with Crippen LogP contribution in [0.5, 0.6) is 0 Å². The second-order valence-corrected chi connectivity index (χ2v) is 9.05. The molecule has 1 atom stereocenters. The molecule has 0 aliphatic carbocycles. The Kier molecular flexibility index (Phi) is 5.95. The van der Waals surface area contributed by atoms with Gasteiger partial charge in [0.25, 0.3) is 11.8 Å². The number of anilines is 1. The molecule has 176 valence electrons. The van der Waals surface area contributed by atoms with Crippen LogP contribution in [0.25, 0.3) is 10.9 Å². The Morgan fingerprint density at radius 1 is 0.971 bits per heavy atom. The summed E-state index contributed by atoms with van der Waals surface area (Å²) in [6.45, 7) is 4.15. The quantitative estimate of drug-likeness (QED) is 0.416. The molecule has 2 heterocycles. The lowest BCUT2D eigenvalue weighted by Gasteiger charge is -2.28. The molecular weight excluding hydrogens is 438 g/mol. The maximum absolute atomic E-state index is 13.8. The number of amides is 3. The Bertz CT molecular complexity index is 1420. The molecule has 35 heavy (non-hydrogen) atoms. The first-order valence-corrected chi connectivity index (χ1v) is 11.8. The number of aromatic amines is 1. The monoisotopic (exact) mass is 465 g/mol. The zero-order chi connectivity index (χ0) is 24.5.